The van der Waals surface area contributed by atoms with Gasteiger partial charge in [0.05, 0.1) is 7.05 Å². The molecular formula is C15H16ClN2+. The monoisotopic (exact) mass is 259 g/mol. The maximum atomic E-state index is 6.11. The summed E-state index contributed by atoms with van der Waals surface area (Å²) in [7, 11) is 2.01. The van der Waals surface area contributed by atoms with Gasteiger partial charge < -0.3 is 0 Å². The molecule has 0 amide bonds. The van der Waals surface area contributed by atoms with Gasteiger partial charge in [0.25, 0.3) is 0 Å². The summed E-state index contributed by atoms with van der Waals surface area (Å²) in [5, 5.41) is 0.751. The van der Waals surface area contributed by atoms with Crippen LogP contribution in [0.25, 0.3) is 12.2 Å². The number of hydrogen-bond donors (Lipinski definition) is 0. The molecule has 18 heavy (non-hydrogen) atoms. The van der Waals surface area contributed by atoms with Gasteiger partial charge in [-0.25, -0.2) is 4.57 Å². The van der Waals surface area contributed by atoms with Crippen molar-refractivity contribution in [2.24, 2.45) is 7.05 Å². The Hall–Kier alpha value is -1.67. The predicted octanol–water partition coefficient (Wildman–Crippen LogP) is 3.35. The van der Waals surface area contributed by atoms with Crippen molar-refractivity contribution in [1.82, 2.24) is 4.98 Å². The molecule has 0 fully saturated rings. The van der Waals surface area contributed by atoms with E-state index in [0.717, 1.165) is 22.1 Å². The predicted molar refractivity (Wildman–Crippen MR) is 75.3 cm³/mol. The van der Waals surface area contributed by atoms with Gasteiger partial charge in [-0.2, -0.15) is 0 Å². The average Bonchev–Trinajstić information content (AvgIpc) is 2.33. The Bertz CT molecular complexity index is 603. The molecular weight excluding hydrogens is 244 g/mol. The SMILES string of the molecule is Cc1cc(C)[n+](C)c(/C=C\c2ccccc2Cl)n1. The Morgan fingerprint density at radius 1 is 1.17 bits per heavy atom. The molecule has 3 heteroatoms. The first-order chi connectivity index (χ1) is 8.58. The molecule has 0 N–H and O–H groups in total. The quantitative estimate of drug-likeness (QED) is 0.756. The molecule has 0 aliphatic heterocycles. The van der Waals surface area contributed by atoms with Crippen molar-refractivity contribution in [2.45, 2.75) is 13.8 Å². The highest BCUT2D eigenvalue weighted by Crippen LogP contribution is 2.17. The van der Waals surface area contributed by atoms with E-state index >= 15 is 0 Å². The highest BCUT2D eigenvalue weighted by atomic mass is 35.5. The van der Waals surface area contributed by atoms with Gasteiger partial charge in [-0.1, -0.05) is 29.8 Å². The molecule has 0 spiro atoms. The van der Waals surface area contributed by atoms with Crippen molar-refractivity contribution in [3.05, 3.63) is 58.1 Å². The Kier molecular flexibility index (Phi) is 3.78. The van der Waals surface area contributed by atoms with Gasteiger partial charge in [0.15, 0.2) is 5.69 Å². The Labute approximate surface area is 113 Å². The molecule has 92 valence electrons. The molecule has 0 radical (unpaired) electrons. The topological polar surface area (TPSA) is 16.8 Å². The van der Waals surface area contributed by atoms with Gasteiger partial charge in [-0.3, -0.25) is 0 Å². The highest BCUT2D eigenvalue weighted by molar-refractivity contribution is 6.32. The second-order valence-corrected chi connectivity index (χ2v) is 4.72. The summed E-state index contributed by atoms with van der Waals surface area (Å²) in [4.78, 5) is 4.51. The maximum Gasteiger partial charge on any atom is 0.323 e. The van der Waals surface area contributed by atoms with Gasteiger partial charge in [0, 0.05) is 24.1 Å². The second-order valence-electron chi connectivity index (χ2n) is 4.31. The number of rotatable bonds is 2. The molecule has 2 nitrogen and oxygen atoms in total. The molecule has 2 rings (SSSR count). The third-order valence-corrected chi connectivity index (χ3v) is 3.24. The molecule has 0 unspecified atom stereocenters. The first-order valence-electron chi connectivity index (χ1n) is 5.85. The Morgan fingerprint density at radius 3 is 2.61 bits per heavy atom. The lowest BCUT2D eigenvalue weighted by atomic mass is 10.2. The van der Waals surface area contributed by atoms with Crippen LogP contribution < -0.4 is 4.57 Å². The fourth-order valence-corrected chi connectivity index (χ4v) is 1.99. The standard InChI is InChI=1S/C15H16ClN2/c1-11-10-12(2)18(3)15(17-11)9-8-13-6-4-5-7-14(13)16/h4-10H,1-3H3/q+1/b9-8-. The molecule has 2 aromatic rings. The van der Waals surface area contributed by atoms with Crippen molar-refractivity contribution in [3.63, 3.8) is 0 Å². The van der Waals surface area contributed by atoms with Gasteiger partial charge >= 0.3 is 5.82 Å². The molecule has 0 bridgehead atoms. The van der Waals surface area contributed by atoms with E-state index in [1.807, 2.05) is 50.4 Å². The summed E-state index contributed by atoms with van der Waals surface area (Å²) < 4.78 is 2.06. The van der Waals surface area contributed by atoms with Crippen LogP contribution in [0, 0.1) is 13.8 Å². The third kappa shape index (κ3) is 2.77. The Morgan fingerprint density at radius 2 is 1.89 bits per heavy atom. The van der Waals surface area contributed by atoms with Crippen LogP contribution in [0.1, 0.15) is 22.8 Å². The molecule has 1 aromatic carbocycles. The minimum absolute atomic E-state index is 0.751. The minimum Gasteiger partial charge on any atom is -0.231 e. The van der Waals surface area contributed by atoms with Crippen LogP contribution in [-0.4, -0.2) is 4.98 Å². The maximum absolute atomic E-state index is 6.11. The first-order valence-corrected chi connectivity index (χ1v) is 6.22. The number of nitrogens with zero attached hydrogens (tertiary/aromatic N) is 2. The fraction of sp³-hybridized carbons (Fsp3) is 0.200. The molecule has 0 saturated carbocycles. The lowest BCUT2D eigenvalue weighted by molar-refractivity contribution is -0.682. The van der Waals surface area contributed by atoms with Crippen LogP contribution in [-0.2, 0) is 7.05 Å². The summed E-state index contributed by atoms with van der Waals surface area (Å²) in [5.41, 5.74) is 3.20. The van der Waals surface area contributed by atoms with Crippen LogP contribution >= 0.6 is 11.6 Å². The largest absolute Gasteiger partial charge is 0.323 e. The van der Waals surface area contributed by atoms with Crippen molar-refractivity contribution in [1.29, 1.82) is 0 Å². The smallest absolute Gasteiger partial charge is 0.231 e. The first kappa shape index (κ1) is 12.8. The Balaban J connectivity index is 2.38. The fourth-order valence-electron chi connectivity index (χ4n) is 1.79. The number of halogens is 1. The van der Waals surface area contributed by atoms with Crippen LogP contribution in [0.3, 0.4) is 0 Å². The van der Waals surface area contributed by atoms with E-state index in [-0.39, 0.29) is 0 Å². The molecule has 0 atom stereocenters. The lowest BCUT2D eigenvalue weighted by Crippen LogP contribution is -2.36. The van der Waals surface area contributed by atoms with E-state index in [2.05, 4.69) is 22.5 Å². The van der Waals surface area contributed by atoms with E-state index in [0.29, 0.717) is 0 Å². The number of benzene rings is 1. The number of aryl methyl sites for hydroxylation is 2. The van der Waals surface area contributed by atoms with Gasteiger partial charge in [0.1, 0.15) is 5.69 Å². The van der Waals surface area contributed by atoms with E-state index < -0.39 is 0 Å². The molecule has 0 aliphatic carbocycles. The van der Waals surface area contributed by atoms with Crippen LogP contribution in [0.2, 0.25) is 5.02 Å². The summed E-state index contributed by atoms with van der Waals surface area (Å²) >= 11 is 6.11. The summed E-state index contributed by atoms with van der Waals surface area (Å²) in [5.74, 6) is 0.924. The van der Waals surface area contributed by atoms with E-state index in [1.54, 1.807) is 0 Å². The van der Waals surface area contributed by atoms with Crippen molar-refractivity contribution >= 4 is 23.8 Å². The zero-order valence-corrected chi connectivity index (χ0v) is 11.6. The van der Waals surface area contributed by atoms with Crippen molar-refractivity contribution < 1.29 is 4.57 Å². The normalized spacial score (nSPS) is 11.1. The lowest BCUT2D eigenvalue weighted by Gasteiger charge is -2.00. The van der Waals surface area contributed by atoms with E-state index in [1.165, 1.54) is 5.69 Å². The number of aromatic nitrogens is 2. The van der Waals surface area contributed by atoms with Crippen LogP contribution in [0.5, 0.6) is 0 Å². The molecule has 1 heterocycles. The minimum atomic E-state index is 0.751. The number of hydrogen-bond acceptors (Lipinski definition) is 1. The highest BCUT2D eigenvalue weighted by Gasteiger charge is 2.09. The van der Waals surface area contributed by atoms with E-state index in [9.17, 15) is 0 Å². The molecule has 1 aromatic heterocycles. The third-order valence-electron chi connectivity index (χ3n) is 2.90. The van der Waals surface area contributed by atoms with Gasteiger partial charge in [0.2, 0.25) is 0 Å². The van der Waals surface area contributed by atoms with Gasteiger partial charge in [-0.05, 0) is 29.6 Å². The van der Waals surface area contributed by atoms with Crippen LogP contribution in [0.15, 0.2) is 30.3 Å². The zero-order chi connectivity index (χ0) is 13.1. The second kappa shape index (κ2) is 5.32. The zero-order valence-electron chi connectivity index (χ0n) is 10.8. The van der Waals surface area contributed by atoms with Crippen molar-refractivity contribution in [3.8, 4) is 0 Å². The summed E-state index contributed by atoms with van der Waals surface area (Å²) in [6, 6.07) is 9.83. The molecule has 0 aliphatic rings. The summed E-state index contributed by atoms with van der Waals surface area (Å²) in [6.45, 7) is 4.07. The average molecular weight is 260 g/mol. The summed E-state index contributed by atoms with van der Waals surface area (Å²) in [6.07, 6.45) is 3.98. The van der Waals surface area contributed by atoms with E-state index in [4.69, 9.17) is 11.6 Å². The van der Waals surface area contributed by atoms with Gasteiger partial charge in [-0.15, -0.1) is 0 Å². The van der Waals surface area contributed by atoms with Crippen LogP contribution in [0.4, 0.5) is 0 Å². The van der Waals surface area contributed by atoms with Crippen molar-refractivity contribution in [2.75, 3.05) is 0 Å². The molecule has 0 saturated heterocycles.